The van der Waals surface area contributed by atoms with E-state index in [1.807, 2.05) is 36.4 Å². The van der Waals surface area contributed by atoms with Gasteiger partial charge in [-0.2, -0.15) is 0 Å². The zero-order valence-electron chi connectivity index (χ0n) is 14.8. The van der Waals surface area contributed by atoms with E-state index in [1.54, 1.807) is 20.1 Å². The molecule has 0 unspecified atom stereocenters. The normalized spacial score (nSPS) is 11.7. The van der Waals surface area contributed by atoms with E-state index in [-0.39, 0.29) is 5.91 Å². The van der Waals surface area contributed by atoms with Gasteiger partial charge in [0.25, 0.3) is 5.91 Å². The molecule has 2 aromatic carbocycles. The zero-order valence-corrected chi connectivity index (χ0v) is 14.8. The molecule has 2 aromatic rings. The molecule has 4 heteroatoms. The van der Waals surface area contributed by atoms with Gasteiger partial charge in [-0.3, -0.25) is 4.79 Å². The monoisotopic (exact) mass is 327 g/mol. The highest BCUT2D eigenvalue weighted by atomic mass is 16.5. The summed E-state index contributed by atoms with van der Waals surface area (Å²) in [6, 6.07) is 13.4. The molecule has 1 atom stereocenters. The van der Waals surface area contributed by atoms with Gasteiger partial charge < -0.3 is 14.8 Å². The van der Waals surface area contributed by atoms with Crippen LogP contribution in [0.3, 0.4) is 0 Å². The lowest BCUT2D eigenvalue weighted by Gasteiger charge is -2.18. The van der Waals surface area contributed by atoms with Gasteiger partial charge in [-0.15, -0.1) is 0 Å². The first-order chi connectivity index (χ1) is 11.6. The fourth-order valence-corrected chi connectivity index (χ4v) is 2.56. The van der Waals surface area contributed by atoms with Crippen molar-refractivity contribution in [3.05, 3.63) is 53.6 Å². The number of hydrogen-bond donors (Lipinski definition) is 1. The molecule has 4 nitrogen and oxygen atoms in total. The van der Waals surface area contributed by atoms with Gasteiger partial charge in [-0.25, -0.2) is 0 Å². The molecule has 2 rings (SSSR count). The second kappa shape index (κ2) is 8.39. The number of benzene rings is 2. The first-order valence-electron chi connectivity index (χ1n) is 8.31. The van der Waals surface area contributed by atoms with Crippen LogP contribution in [0.15, 0.2) is 42.5 Å². The molecule has 0 aliphatic heterocycles. The van der Waals surface area contributed by atoms with Crippen molar-refractivity contribution in [2.75, 3.05) is 12.4 Å². The van der Waals surface area contributed by atoms with E-state index < -0.39 is 6.10 Å². The smallest absolute Gasteiger partial charge is 0.265 e. The summed E-state index contributed by atoms with van der Waals surface area (Å²) >= 11 is 0. The van der Waals surface area contributed by atoms with Gasteiger partial charge in [-0.1, -0.05) is 38.1 Å². The number of amides is 1. The minimum atomic E-state index is -0.605. The lowest BCUT2D eigenvalue weighted by atomic mass is 10.0. The number of methoxy groups -OCH3 is 1. The molecule has 128 valence electrons. The Morgan fingerprint density at radius 3 is 2.21 bits per heavy atom. The minimum absolute atomic E-state index is 0.159. The van der Waals surface area contributed by atoms with Crippen LogP contribution in [-0.4, -0.2) is 19.1 Å². The molecular formula is C20H25NO3. The molecule has 0 saturated carbocycles. The summed E-state index contributed by atoms with van der Waals surface area (Å²) in [5.74, 6) is 1.15. The molecule has 0 aliphatic carbocycles. The first kappa shape index (κ1) is 17.9. The highest BCUT2D eigenvalue weighted by Crippen LogP contribution is 2.24. The summed E-state index contributed by atoms with van der Waals surface area (Å²) in [5, 5.41) is 3.03. The first-order valence-corrected chi connectivity index (χ1v) is 8.31. The maximum absolute atomic E-state index is 12.5. The van der Waals surface area contributed by atoms with Crippen molar-refractivity contribution < 1.29 is 14.3 Å². The SMILES string of the molecule is CCc1cccc(CC)c1NC(=O)[C@H](C)Oc1cccc(OC)c1. The van der Waals surface area contributed by atoms with E-state index in [4.69, 9.17) is 9.47 Å². The number of rotatable bonds is 7. The number of para-hydroxylation sites is 1. The van der Waals surface area contributed by atoms with Crippen molar-refractivity contribution in [2.45, 2.75) is 39.7 Å². The highest BCUT2D eigenvalue weighted by molar-refractivity contribution is 5.95. The Morgan fingerprint density at radius 1 is 1.04 bits per heavy atom. The van der Waals surface area contributed by atoms with Crippen LogP contribution in [0.5, 0.6) is 11.5 Å². The summed E-state index contributed by atoms with van der Waals surface area (Å²) in [7, 11) is 1.60. The van der Waals surface area contributed by atoms with Crippen LogP contribution in [0.2, 0.25) is 0 Å². The Hall–Kier alpha value is -2.49. The minimum Gasteiger partial charge on any atom is -0.497 e. The van der Waals surface area contributed by atoms with Crippen LogP contribution >= 0.6 is 0 Å². The third-order valence-corrected chi connectivity index (χ3v) is 3.97. The molecule has 24 heavy (non-hydrogen) atoms. The van der Waals surface area contributed by atoms with E-state index in [1.165, 1.54) is 0 Å². The van der Waals surface area contributed by atoms with Gasteiger partial charge in [0, 0.05) is 11.8 Å². The summed E-state index contributed by atoms with van der Waals surface area (Å²) < 4.78 is 10.9. The number of ether oxygens (including phenoxy) is 2. The maximum atomic E-state index is 12.5. The molecule has 1 N–H and O–H groups in total. The van der Waals surface area contributed by atoms with Crippen molar-refractivity contribution in [3.63, 3.8) is 0 Å². The van der Waals surface area contributed by atoms with Crippen LogP contribution < -0.4 is 14.8 Å². The van der Waals surface area contributed by atoms with Gasteiger partial charge >= 0.3 is 0 Å². The molecule has 0 aliphatic rings. The maximum Gasteiger partial charge on any atom is 0.265 e. The molecule has 0 fully saturated rings. The van der Waals surface area contributed by atoms with E-state index in [9.17, 15) is 4.79 Å². The van der Waals surface area contributed by atoms with Gasteiger partial charge in [0.1, 0.15) is 11.5 Å². The standard InChI is InChI=1S/C20H25NO3/c1-5-15-9-7-10-16(6-2)19(15)21-20(22)14(3)24-18-12-8-11-17(13-18)23-4/h7-14H,5-6H2,1-4H3,(H,21,22)/t14-/m0/s1. The van der Waals surface area contributed by atoms with E-state index in [0.29, 0.717) is 11.5 Å². The molecule has 0 aromatic heterocycles. The van der Waals surface area contributed by atoms with E-state index >= 15 is 0 Å². The number of nitrogens with one attached hydrogen (secondary N) is 1. The van der Waals surface area contributed by atoms with Crippen molar-refractivity contribution in [1.82, 2.24) is 0 Å². The van der Waals surface area contributed by atoms with Crippen molar-refractivity contribution >= 4 is 11.6 Å². The highest BCUT2D eigenvalue weighted by Gasteiger charge is 2.17. The summed E-state index contributed by atoms with van der Waals surface area (Å²) in [5.41, 5.74) is 3.18. The average molecular weight is 327 g/mol. The second-order valence-electron chi connectivity index (χ2n) is 5.59. The van der Waals surface area contributed by atoms with Gasteiger partial charge in [-0.05, 0) is 43.0 Å². The molecule has 0 heterocycles. The predicted octanol–water partition coefficient (Wildman–Crippen LogP) is 4.23. The van der Waals surface area contributed by atoms with Crippen molar-refractivity contribution in [3.8, 4) is 11.5 Å². The van der Waals surface area contributed by atoms with Crippen LogP contribution in [-0.2, 0) is 17.6 Å². The summed E-state index contributed by atoms with van der Waals surface area (Å²) in [4.78, 5) is 12.5. The Balaban J connectivity index is 2.11. The topological polar surface area (TPSA) is 47.6 Å². The molecule has 0 spiro atoms. The molecule has 0 bridgehead atoms. The van der Waals surface area contributed by atoms with Crippen molar-refractivity contribution in [2.24, 2.45) is 0 Å². The zero-order chi connectivity index (χ0) is 17.5. The largest absolute Gasteiger partial charge is 0.497 e. The number of hydrogen-bond acceptors (Lipinski definition) is 3. The van der Waals surface area contributed by atoms with Crippen molar-refractivity contribution in [1.29, 1.82) is 0 Å². The van der Waals surface area contributed by atoms with E-state index in [2.05, 4.69) is 19.2 Å². The lowest BCUT2D eigenvalue weighted by Crippen LogP contribution is -2.30. The number of anilines is 1. The Kier molecular flexibility index (Phi) is 6.24. The predicted molar refractivity (Wildman–Crippen MR) is 96.9 cm³/mol. The fraction of sp³-hybridized carbons (Fsp3) is 0.350. The van der Waals surface area contributed by atoms with Crippen LogP contribution in [0.25, 0.3) is 0 Å². The molecule has 0 saturated heterocycles. The van der Waals surface area contributed by atoms with Gasteiger partial charge in [0.05, 0.1) is 7.11 Å². The molecule has 0 radical (unpaired) electrons. The Bertz CT molecular complexity index is 675. The van der Waals surface area contributed by atoms with Crippen LogP contribution in [0, 0.1) is 0 Å². The van der Waals surface area contributed by atoms with Gasteiger partial charge in [0.2, 0.25) is 0 Å². The van der Waals surface area contributed by atoms with Crippen LogP contribution in [0.4, 0.5) is 5.69 Å². The Labute approximate surface area is 143 Å². The van der Waals surface area contributed by atoms with Gasteiger partial charge in [0.15, 0.2) is 6.10 Å². The van der Waals surface area contributed by atoms with Crippen LogP contribution in [0.1, 0.15) is 31.9 Å². The lowest BCUT2D eigenvalue weighted by molar-refractivity contribution is -0.122. The summed E-state index contributed by atoms with van der Waals surface area (Å²) in [6.07, 6.45) is 1.13. The number of carbonyl (C=O) groups excluding carboxylic acids is 1. The molecular weight excluding hydrogens is 302 g/mol. The third-order valence-electron chi connectivity index (χ3n) is 3.97. The fourth-order valence-electron chi connectivity index (χ4n) is 2.56. The molecule has 1 amide bonds. The number of aryl methyl sites for hydroxylation is 2. The van der Waals surface area contributed by atoms with E-state index in [0.717, 1.165) is 29.7 Å². The number of carbonyl (C=O) groups is 1. The second-order valence-corrected chi connectivity index (χ2v) is 5.59. The average Bonchev–Trinajstić information content (AvgIpc) is 2.61. The third kappa shape index (κ3) is 4.28. The quantitative estimate of drug-likeness (QED) is 0.828. The summed E-state index contributed by atoms with van der Waals surface area (Å²) in [6.45, 7) is 5.91. The Morgan fingerprint density at radius 2 is 1.62 bits per heavy atom.